The van der Waals surface area contributed by atoms with Crippen molar-refractivity contribution in [3.8, 4) is 12.3 Å². The second-order valence-electron chi connectivity index (χ2n) is 3.57. The molecule has 1 aromatic rings. The Kier molecular flexibility index (Phi) is 4.68. The van der Waals surface area contributed by atoms with E-state index < -0.39 is 6.10 Å². The maximum Gasteiger partial charge on any atom is 0.0793 e. The van der Waals surface area contributed by atoms with Gasteiger partial charge < -0.3 is 5.11 Å². The molecule has 0 aliphatic carbocycles. The van der Waals surface area contributed by atoms with Crippen LogP contribution in [0, 0.1) is 19.3 Å². The van der Waals surface area contributed by atoms with E-state index in [1.165, 1.54) is 0 Å². The third kappa shape index (κ3) is 3.27. The number of terminal acetylenes is 1. The van der Waals surface area contributed by atoms with Gasteiger partial charge in [0.2, 0.25) is 0 Å². The Labute approximate surface area is 96.1 Å². The average molecular weight is 223 g/mol. The summed E-state index contributed by atoms with van der Waals surface area (Å²) < 4.78 is 0. The molecule has 1 aromatic carbocycles. The molecule has 0 saturated carbocycles. The Morgan fingerprint density at radius 3 is 2.93 bits per heavy atom. The Morgan fingerprint density at radius 1 is 1.53 bits per heavy atom. The van der Waals surface area contributed by atoms with Gasteiger partial charge in [0.1, 0.15) is 0 Å². The van der Waals surface area contributed by atoms with Crippen molar-refractivity contribution >= 4 is 11.6 Å². The van der Waals surface area contributed by atoms with E-state index in [2.05, 4.69) is 5.92 Å². The van der Waals surface area contributed by atoms with E-state index >= 15 is 0 Å². The summed E-state index contributed by atoms with van der Waals surface area (Å²) in [6.45, 7) is 1.92. The molecule has 0 spiro atoms. The smallest absolute Gasteiger partial charge is 0.0793 e. The maximum atomic E-state index is 9.93. The Hall–Kier alpha value is -0.970. The molecule has 0 aromatic heterocycles. The van der Waals surface area contributed by atoms with Crippen LogP contribution in [0.1, 0.15) is 36.5 Å². The second-order valence-corrected chi connectivity index (χ2v) is 3.97. The summed E-state index contributed by atoms with van der Waals surface area (Å²) in [6.07, 6.45) is 6.92. The summed E-state index contributed by atoms with van der Waals surface area (Å²) >= 11 is 5.98. The predicted octanol–water partition coefficient (Wildman–Crippen LogP) is 3.49. The van der Waals surface area contributed by atoms with E-state index in [-0.39, 0.29) is 0 Å². The van der Waals surface area contributed by atoms with Crippen LogP contribution in [0.2, 0.25) is 5.02 Å². The lowest BCUT2D eigenvalue weighted by Gasteiger charge is -2.13. The van der Waals surface area contributed by atoms with Crippen molar-refractivity contribution in [3.63, 3.8) is 0 Å². The third-order valence-corrected chi connectivity index (χ3v) is 2.88. The van der Waals surface area contributed by atoms with Crippen molar-refractivity contribution in [2.75, 3.05) is 0 Å². The fourth-order valence-corrected chi connectivity index (χ4v) is 1.72. The number of unbranched alkanes of at least 4 members (excludes halogenated alkanes) is 1. The quantitative estimate of drug-likeness (QED) is 0.611. The van der Waals surface area contributed by atoms with Crippen LogP contribution in [0.3, 0.4) is 0 Å². The Bertz CT molecular complexity index is 365. The molecule has 0 radical (unpaired) electrons. The largest absolute Gasteiger partial charge is 0.388 e. The summed E-state index contributed by atoms with van der Waals surface area (Å²) in [5, 5.41) is 10.6. The topological polar surface area (TPSA) is 20.2 Å². The van der Waals surface area contributed by atoms with Gasteiger partial charge in [-0.15, -0.1) is 12.3 Å². The molecule has 0 aliphatic rings. The van der Waals surface area contributed by atoms with Gasteiger partial charge in [0, 0.05) is 11.4 Å². The molecule has 0 bridgehead atoms. The zero-order valence-corrected chi connectivity index (χ0v) is 9.59. The second kappa shape index (κ2) is 5.80. The van der Waals surface area contributed by atoms with Gasteiger partial charge in [0.25, 0.3) is 0 Å². The molecule has 1 rings (SSSR count). The summed E-state index contributed by atoms with van der Waals surface area (Å²) in [5.41, 5.74) is 1.85. The maximum absolute atomic E-state index is 9.93. The first kappa shape index (κ1) is 12.1. The van der Waals surface area contributed by atoms with Gasteiger partial charge in [-0.3, -0.25) is 0 Å². The van der Waals surface area contributed by atoms with Crippen LogP contribution in [0.5, 0.6) is 0 Å². The minimum atomic E-state index is -0.461. The lowest BCUT2D eigenvalue weighted by Crippen LogP contribution is -2.00. The van der Waals surface area contributed by atoms with Gasteiger partial charge >= 0.3 is 0 Å². The van der Waals surface area contributed by atoms with Crippen molar-refractivity contribution in [1.29, 1.82) is 0 Å². The first-order valence-corrected chi connectivity index (χ1v) is 5.41. The number of hydrogen-bond donors (Lipinski definition) is 1. The molecule has 1 atom stereocenters. The highest BCUT2D eigenvalue weighted by atomic mass is 35.5. The number of benzene rings is 1. The molecule has 0 saturated heterocycles. The van der Waals surface area contributed by atoms with E-state index in [9.17, 15) is 5.11 Å². The molecule has 80 valence electrons. The molecular weight excluding hydrogens is 208 g/mol. The third-order valence-electron chi connectivity index (χ3n) is 2.47. The van der Waals surface area contributed by atoms with Gasteiger partial charge in [0.05, 0.1) is 6.10 Å². The highest BCUT2D eigenvalue weighted by molar-refractivity contribution is 6.31. The normalized spacial score (nSPS) is 12.1. The molecule has 0 amide bonds. The van der Waals surface area contributed by atoms with Crippen molar-refractivity contribution in [1.82, 2.24) is 0 Å². The highest BCUT2D eigenvalue weighted by Crippen LogP contribution is 2.26. The zero-order valence-electron chi connectivity index (χ0n) is 8.83. The molecule has 0 heterocycles. The molecule has 1 unspecified atom stereocenters. The standard InChI is InChI=1S/C13H15ClO/c1-3-4-5-9-13(15)11-7-6-8-12(14)10(11)2/h1,6-8,13,15H,4-5,9H2,2H3. The van der Waals surface area contributed by atoms with Gasteiger partial charge in [-0.25, -0.2) is 0 Å². The first-order valence-electron chi connectivity index (χ1n) is 5.03. The van der Waals surface area contributed by atoms with E-state index in [4.69, 9.17) is 18.0 Å². The van der Waals surface area contributed by atoms with Gasteiger partial charge in [-0.1, -0.05) is 23.7 Å². The molecule has 1 N–H and O–H groups in total. The lowest BCUT2D eigenvalue weighted by atomic mass is 9.99. The van der Waals surface area contributed by atoms with Crippen LogP contribution in [0.15, 0.2) is 18.2 Å². The minimum absolute atomic E-state index is 0.461. The molecule has 0 fully saturated rings. The Morgan fingerprint density at radius 2 is 2.27 bits per heavy atom. The number of hydrogen-bond acceptors (Lipinski definition) is 1. The summed E-state index contributed by atoms with van der Waals surface area (Å²) in [7, 11) is 0. The molecule has 15 heavy (non-hydrogen) atoms. The van der Waals surface area contributed by atoms with E-state index in [1.54, 1.807) is 0 Å². The van der Waals surface area contributed by atoms with E-state index in [0.717, 1.165) is 17.5 Å². The molecule has 0 aliphatic heterocycles. The average Bonchev–Trinajstić information content (AvgIpc) is 2.22. The van der Waals surface area contributed by atoms with Crippen LogP contribution in [0.4, 0.5) is 0 Å². The van der Waals surface area contributed by atoms with Crippen molar-refractivity contribution < 1.29 is 5.11 Å². The highest BCUT2D eigenvalue weighted by Gasteiger charge is 2.11. The molecular formula is C13H15ClO. The van der Waals surface area contributed by atoms with Crippen molar-refractivity contribution in [3.05, 3.63) is 34.3 Å². The number of aliphatic hydroxyl groups is 1. The monoisotopic (exact) mass is 222 g/mol. The van der Waals surface area contributed by atoms with Crippen LogP contribution in [-0.2, 0) is 0 Å². The lowest BCUT2D eigenvalue weighted by molar-refractivity contribution is 0.164. The van der Waals surface area contributed by atoms with Gasteiger partial charge in [-0.05, 0) is 37.0 Å². The minimum Gasteiger partial charge on any atom is -0.388 e. The van der Waals surface area contributed by atoms with Crippen LogP contribution < -0.4 is 0 Å². The summed E-state index contributed by atoms with van der Waals surface area (Å²) in [6, 6.07) is 5.59. The first-order chi connectivity index (χ1) is 7.16. The fourth-order valence-electron chi connectivity index (χ4n) is 1.54. The Balaban J connectivity index is 2.70. The molecule has 2 heteroatoms. The van der Waals surface area contributed by atoms with Crippen molar-refractivity contribution in [2.24, 2.45) is 0 Å². The van der Waals surface area contributed by atoms with Gasteiger partial charge in [-0.2, -0.15) is 0 Å². The summed E-state index contributed by atoms with van der Waals surface area (Å²) in [4.78, 5) is 0. The SMILES string of the molecule is C#CCCCC(O)c1cccc(Cl)c1C. The van der Waals surface area contributed by atoms with Crippen LogP contribution in [-0.4, -0.2) is 5.11 Å². The number of rotatable bonds is 4. The van der Waals surface area contributed by atoms with Crippen LogP contribution >= 0.6 is 11.6 Å². The predicted molar refractivity (Wildman–Crippen MR) is 63.8 cm³/mol. The van der Waals surface area contributed by atoms with E-state index in [1.807, 2.05) is 25.1 Å². The molecule has 1 nitrogen and oxygen atoms in total. The van der Waals surface area contributed by atoms with E-state index in [0.29, 0.717) is 17.9 Å². The number of halogens is 1. The number of aliphatic hydroxyl groups excluding tert-OH is 1. The fraction of sp³-hybridized carbons (Fsp3) is 0.385. The van der Waals surface area contributed by atoms with Crippen molar-refractivity contribution in [2.45, 2.75) is 32.3 Å². The summed E-state index contributed by atoms with van der Waals surface area (Å²) in [5.74, 6) is 2.56. The van der Waals surface area contributed by atoms with Crippen LogP contribution in [0.25, 0.3) is 0 Å². The zero-order chi connectivity index (χ0) is 11.3. The van der Waals surface area contributed by atoms with Gasteiger partial charge in [0.15, 0.2) is 0 Å².